The molecule has 2 rings (SSSR count). The molecule has 0 aliphatic carbocycles. The highest BCUT2D eigenvalue weighted by Gasteiger charge is 1.81. The van der Waals surface area contributed by atoms with Crippen molar-refractivity contribution < 1.29 is 0 Å². The van der Waals surface area contributed by atoms with Crippen LogP contribution in [0.4, 0.5) is 0 Å². The third kappa shape index (κ3) is 5.02. The molecule has 2 aromatic carbocycles. The van der Waals surface area contributed by atoms with Gasteiger partial charge in [-0.25, -0.2) is 0 Å². The predicted octanol–water partition coefficient (Wildman–Crippen LogP) is 3.90. The lowest BCUT2D eigenvalue weighted by molar-refractivity contribution is 1.38. The van der Waals surface area contributed by atoms with E-state index in [-0.39, 0.29) is 0 Å². The highest BCUT2D eigenvalue weighted by Crippen LogP contribution is 1.99. The minimum absolute atomic E-state index is 1.28. The summed E-state index contributed by atoms with van der Waals surface area (Å²) in [7, 11) is 0. The second-order valence-corrected chi connectivity index (χ2v) is 3.67. The van der Waals surface area contributed by atoms with Gasteiger partial charge in [0.2, 0.25) is 0 Å². The number of hydrogen-bond donors (Lipinski definition) is 0. The Kier molecular flexibility index (Phi) is 4.62. The molecule has 2 aromatic rings. The monoisotopic (exact) mass is 196 g/mol. The fourth-order valence-corrected chi connectivity index (χ4v) is 1.22. The second kappa shape index (κ2) is 6.02. The summed E-state index contributed by atoms with van der Waals surface area (Å²) in [5, 5.41) is 0. The molecule has 0 atom stereocenters. The van der Waals surface area contributed by atoms with E-state index < -0.39 is 0 Å². The van der Waals surface area contributed by atoms with Crippen LogP contribution in [-0.4, -0.2) is 0 Å². The van der Waals surface area contributed by atoms with Gasteiger partial charge in [-0.1, -0.05) is 59.2 Å². The molecular weight excluding hydrogens is 180 g/mol. The van der Waals surface area contributed by atoms with Crippen LogP contribution in [0.2, 0.25) is 0 Å². The molecule has 15 heavy (non-hydrogen) atoms. The normalized spacial score (nSPS) is 9.00. The van der Waals surface area contributed by atoms with Crippen LogP contribution in [-0.2, 0) is 0 Å². The van der Waals surface area contributed by atoms with Crippen molar-refractivity contribution in [2.24, 2.45) is 0 Å². The Bertz CT molecular complexity index is 371. The van der Waals surface area contributed by atoms with Crippen LogP contribution in [0.3, 0.4) is 0 Å². The van der Waals surface area contributed by atoms with E-state index in [9.17, 15) is 0 Å². The summed E-state index contributed by atoms with van der Waals surface area (Å²) in [5.41, 5.74) is 3.86. The molecule has 0 heterocycles. The summed E-state index contributed by atoms with van der Waals surface area (Å²) in [6, 6.07) is 19.9. The van der Waals surface area contributed by atoms with E-state index in [4.69, 9.17) is 0 Å². The van der Waals surface area contributed by atoms with Gasteiger partial charge >= 0.3 is 0 Å². The summed E-state index contributed by atoms with van der Waals surface area (Å²) in [5.74, 6) is 0. The average Bonchev–Trinajstić information content (AvgIpc) is 2.19. The molecule has 0 N–H and O–H groups in total. The maximum atomic E-state index is 3.03. The molecule has 0 saturated heterocycles. The van der Waals surface area contributed by atoms with Crippen LogP contribution < -0.4 is 0 Å². The smallest absolute Gasteiger partial charge is 0.0179 e. The summed E-state index contributed by atoms with van der Waals surface area (Å²) in [6.45, 7) is 6.21. The van der Waals surface area contributed by atoms with E-state index in [0.717, 1.165) is 0 Å². The third-order valence-electron chi connectivity index (χ3n) is 1.96. The first kappa shape index (κ1) is 11.5. The van der Waals surface area contributed by atoms with Crippen LogP contribution in [0.25, 0.3) is 0 Å². The lowest BCUT2D eigenvalue weighted by Gasteiger charge is -1.90. The van der Waals surface area contributed by atoms with Gasteiger partial charge in [-0.3, -0.25) is 0 Å². The zero-order chi connectivity index (χ0) is 11.1. The quantitative estimate of drug-likeness (QED) is 0.599. The molecule has 0 nitrogen and oxygen atoms in total. The average molecular weight is 196 g/mol. The molecule has 0 saturated carbocycles. The zero-order valence-corrected chi connectivity index (χ0v) is 9.54. The second-order valence-electron chi connectivity index (χ2n) is 3.67. The Labute approximate surface area is 92.6 Å². The van der Waals surface area contributed by atoms with Gasteiger partial charge in [0.05, 0.1) is 0 Å². The Morgan fingerprint density at radius 2 is 1.27 bits per heavy atom. The van der Waals surface area contributed by atoms with Crippen molar-refractivity contribution in [2.75, 3.05) is 0 Å². The van der Waals surface area contributed by atoms with Gasteiger partial charge in [0.1, 0.15) is 0 Å². The van der Waals surface area contributed by atoms with Crippen LogP contribution in [0.5, 0.6) is 0 Å². The number of aryl methyl sites for hydroxylation is 3. The molecular formula is C15H16. The third-order valence-corrected chi connectivity index (χ3v) is 1.96. The van der Waals surface area contributed by atoms with Gasteiger partial charge in [-0.2, -0.15) is 0 Å². The largest absolute Gasteiger partial charge is 0.0587 e. The van der Waals surface area contributed by atoms with Crippen LogP contribution in [0.15, 0.2) is 42.5 Å². The lowest BCUT2D eigenvalue weighted by Crippen LogP contribution is -1.72. The summed E-state index contributed by atoms with van der Waals surface area (Å²) >= 11 is 0. The fourth-order valence-electron chi connectivity index (χ4n) is 1.22. The van der Waals surface area contributed by atoms with E-state index in [0.29, 0.717) is 0 Å². The molecule has 0 fully saturated rings. The molecule has 0 amide bonds. The van der Waals surface area contributed by atoms with E-state index in [2.05, 4.69) is 39.0 Å². The Morgan fingerprint density at radius 1 is 0.733 bits per heavy atom. The van der Waals surface area contributed by atoms with Gasteiger partial charge in [0.15, 0.2) is 0 Å². The predicted molar refractivity (Wildman–Crippen MR) is 64.8 cm³/mol. The SMILES string of the molecule is Cc1c[c]cc(C)c1.Cc1cc[c]cc1. The summed E-state index contributed by atoms with van der Waals surface area (Å²) in [6.07, 6.45) is 0. The van der Waals surface area contributed by atoms with Crippen molar-refractivity contribution in [3.8, 4) is 0 Å². The van der Waals surface area contributed by atoms with E-state index >= 15 is 0 Å². The molecule has 2 radical (unpaired) electrons. The maximum Gasteiger partial charge on any atom is -0.0179 e. The maximum absolute atomic E-state index is 3.03. The van der Waals surface area contributed by atoms with Crippen LogP contribution in [0.1, 0.15) is 16.7 Å². The molecule has 0 bridgehead atoms. The zero-order valence-electron chi connectivity index (χ0n) is 9.54. The fraction of sp³-hybridized carbons (Fsp3) is 0.200. The number of hydrogen-bond acceptors (Lipinski definition) is 0. The first-order valence-electron chi connectivity index (χ1n) is 5.05. The van der Waals surface area contributed by atoms with Crippen molar-refractivity contribution in [1.29, 1.82) is 0 Å². The van der Waals surface area contributed by atoms with Crippen molar-refractivity contribution in [1.82, 2.24) is 0 Å². The van der Waals surface area contributed by atoms with Gasteiger partial charge < -0.3 is 0 Å². The van der Waals surface area contributed by atoms with E-state index in [1.54, 1.807) is 0 Å². The standard InChI is InChI=1S/C8H9.C7H7/c1-7-4-3-5-8(2)6-7;1-7-5-3-2-4-6-7/h4-6H,1-2H3;3-6H,1H3. The molecule has 0 aliphatic heterocycles. The minimum atomic E-state index is 1.28. The summed E-state index contributed by atoms with van der Waals surface area (Å²) < 4.78 is 0. The lowest BCUT2D eigenvalue weighted by atomic mass is 10.2. The molecule has 0 unspecified atom stereocenters. The van der Waals surface area contributed by atoms with Gasteiger partial charge in [-0.05, 0) is 32.9 Å². The Hall–Kier alpha value is -1.56. The highest BCUT2D eigenvalue weighted by molar-refractivity contribution is 5.19. The van der Waals surface area contributed by atoms with Crippen molar-refractivity contribution in [3.63, 3.8) is 0 Å². The molecule has 76 valence electrons. The van der Waals surface area contributed by atoms with E-state index in [1.807, 2.05) is 36.4 Å². The number of rotatable bonds is 0. The molecule has 0 aromatic heterocycles. The first-order chi connectivity index (χ1) is 7.18. The minimum Gasteiger partial charge on any atom is -0.0587 e. The highest BCUT2D eigenvalue weighted by atomic mass is 13.9. The van der Waals surface area contributed by atoms with Crippen molar-refractivity contribution in [3.05, 3.63) is 71.3 Å². The van der Waals surface area contributed by atoms with Crippen molar-refractivity contribution in [2.45, 2.75) is 20.8 Å². The number of benzene rings is 2. The van der Waals surface area contributed by atoms with Gasteiger partial charge in [0.25, 0.3) is 0 Å². The van der Waals surface area contributed by atoms with E-state index in [1.165, 1.54) is 16.7 Å². The van der Waals surface area contributed by atoms with Crippen LogP contribution in [0, 0.1) is 32.9 Å². The van der Waals surface area contributed by atoms with Gasteiger partial charge in [0, 0.05) is 0 Å². The van der Waals surface area contributed by atoms with Crippen LogP contribution >= 0.6 is 0 Å². The molecule has 0 spiro atoms. The Balaban J connectivity index is 0.000000151. The van der Waals surface area contributed by atoms with Gasteiger partial charge in [-0.15, -0.1) is 0 Å². The summed E-state index contributed by atoms with van der Waals surface area (Å²) in [4.78, 5) is 0. The molecule has 0 heteroatoms. The van der Waals surface area contributed by atoms with Crippen molar-refractivity contribution >= 4 is 0 Å². The first-order valence-corrected chi connectivity index (χ1v) is 5.05. The topological polar surface area (TPSA) is 0 Å². The molecule has 0 aliphatic rings. The Morgan fingerprint density at radius 3 is 1.53 bits per heavy atom.